The molecule has 294 valence electrons. The lowest BCUT2D eigenvalue weighted by atomic mass is 9.84. The third kappa shape index (κ3) is 17.2. The number of rotatable bonds is 35. The van der Waals surface area contributed by atoms with E-state index >= 15 is 0 Å². The van der Waals surface area contributed by atoms with Gasteiger partial charge in [0.25, 0.3) is 0 Å². The molecule has 1 aliphatic heterocycles. The number of nitrogens with zero attached hydrogens (tertiary/aromatic N) is 2. The lowest BCUT2D eigenvalue weighted by Gasteiger charge is -2.30. The maximum absolute atomic E-state index is 13.4. The second-order valence-corrected chi connectivity index (χ2v) is 16.2. The molecular formula is C48H80N2O2. The lowest BCUT2D eigenvalue weighted by molar-refractivity contribution is -0.466. The Morgan fingerprint density at radius 2 is 0.942 bits per heavy atom. The highest BCUT2D eigenvalue weighted by molar-refractivity contribution is 6.38. The summed E-state index contributed by atoms with van der Waals surface area (Å²) < 4.78 is 4.25. The fourth-order valence-electron chi connectivity index (χ4n) is 8.19. The monoisotopic (exact) mass is 717 g/mol. The van der Waals surface area contributed by atoms with E-state index in [1.807, 2.05) is 36.7 Å². The molecule has 2 heterocycles. The summed E-state index contributed by atoms with van der Waals surface area (Å²) in [5, 5.41) is 13.4. The highest BCUT2D eigenvalue weighted by atomic mass is 16.3. The fraction of sp³-hybridized carbons (Fsp3) is 0.750. The van der Waals surface area contributed by atoms with Crippen molar-refractivity contribution >= 4 is 17.6 Å². The van der Waals surface area contributed by atoms with Gasteiger partial charge in [0.1, 0.15) is 6.54 Å². The lowest BCUT2D eigenvalue weighted by Crippen LogP contribution is -2.32. The molecule has 0 saturated heterocycles. The van der Waals surface area contributed by atoms with Crippen molar-refractivity contribution in [3.63, 3.8) is 0 Å². The van der Waals surface area contributed by atoms with Crippen LogP contribution in [0.15, 0.2) is 47.5 Å². The standard InChI is InChI=1S/C48H80N2O2/c1-3-5-7-9-11-13-15-17-19-21-23-25-27-29-31-33-39-49-41-35-37-43(49)45-47(51)46(48(45)52)44-38-36-42-50(44)40-34-32-30-28-26-24-22-20-18-16-14-12-10-8-6-4-2/h35-38,41-42H,3-34,39-40H2,1-2H3. The van der Waals surface area contributed by atoms with Crippen molar-refractivity contribution in [1.29, 1.82) is 0 Å². The summed E-state index contributed by atoms with van der Waals surface area (Å²) in [5.74, 6) is -0.160. The van der Waals surface area contributed by atoms with Gasteiger partial charge in [-0.25, -0.2) is 0 Å². The first-order valence-corrected chi connectivity index (χ1v) is 22.8. The van der Waals surface area contributed by atoms with E-state index in [2.05, 4.69) is 23.0 Å². The normalized spacial score (nSPS) is 15.7. The van der Waals surface area contributed by atoms with Gasteiger partial charge in [-0.1, -0.05) is 206 Å². The number of allylic oxidation sites excluding steroid dienone is 4. The zero-order valence-corrected chi connectivity index (χ0v) is 34.2. The summed E-state index contributed by atoms with van der Waals surface area (Å²) in [4.78, 5) is 13.4. The van der Waals surface area contributed by atoms with Crippen LogP contribution in [-0.4, -0.2) is 27.7 Å². The van der Waals surface area contributed by atoms with Crippen molar-refractivity contribution in [2.75, 3.05) is 6.54 Å². The van der Waals surface area contributed by atoms with Crippen LogP contribution in [0.4, 0.5) is 0 Å². The minimum atomic E-state index is -0.0798. The van der Waals surface area contributed by atoms with Gasteiger partial charge in [0.05, 0.1) is 11.3 Å². The minimum absolute atomic E-state index is 0.0798. The van der Waals surface area contributed by atoms with Crippen LogP contribution in [0.2, 0.25) is 0 Å². The van der Waals surface area contributed by atoms with Gasteiger partial charge in [-0.05, 0) is 25.0 Å². The van der Waals surface area contributed by atoms with E-state index in [4.69, 9.17) is 0 Å². The zero-order valence-electron chi connectivity index (χ0n) is 34.2. The Labute approximate surface area is 321 Å². The third-order valence-electron chi connectivity index (χ3n) is 11.6. The molecule has 1 aromatic heterocycles. The SMILES string of the molecule is CCCCCCCCCCCCCCCCCCn1cccc1C1=C([O-])C(=C2C=CC=[N+]2CCCCCCCCCCCCCCCCCC)C1=O. The van der Waals surface area contributed by atoms with Gasteiger partial charge < -0.3 is 9.67 Å². The van der Waals surface area contributed by atoms with E-state index in [0.29, 0.717) is 11.1 Å². The molecule has 3 rings (SSSR count). The third-order valence-corrected chi connectivity index (χ3v) is 11.6. The van der Waals surface area contributed by atoms with E-state index in [9.17, 15) is 9.90 Å². The Balaban J connectivity index is 1.23. The van der Waals surface area contributed by atoms with Gasteiger partial charge in [-0.2, -0.15) is 4.58 Å². The quantitative estimate of drug-likeness (QED) is 0.0399. The van der Waals surface area contributed by atoms with Gasteiger partial charge in [0.15, 0.2) is 6.21 Å². The smallest absolute Gasteiger partial charge is 0.216 e. The van der Waals surface area contributed by atoms with E-state index in [-0.39, 0.29) is 11.5 Å². The van der Waals surface area contributed by atoms with Crippen molar-refractivity contribution < 1.29 is 14.5 Å². The molecule has 0 saturated carbocycles. The average molecular weight is 717 g/mol. The molecule has 0 fully saturated rings. The molecule has 1 aromatic rings. The number of hydrogen-bond acceptors (Lipinski definition) is 2. The molecule has 0 aromatic carbocycles. The summed E-state index contributed by atoms with van der Waals surface area (Å²) in [6.45, 7) is 6.32. The molecule has 4 heteroatoms. The summed E-state index contributed by atoms with van der Waals surface area (Å²) in [6, 6.07) is 3.93. The minimum Gasteiger partial charge on any atom is -0.871 e. The number of carbonyl (C=O) groups excluding carboxylic acids is 1. The first-order chi connectivity index (χ1) is 25.7. The molecule has 2 aliphatic rings. The molecule has 0 spiro atoms. The maximum Gasteiger partial charge on any atom is 0.216 e. The van der Waals surface area contributed by atoms with Crippen LogP contribution in [0.1, 0.15) is 225 Å². The molecule has 0 N–H and O–H groups in total. The molecule has 0 atom stereocenters. The number of hydrogen-bond donors (Lipinski definition) is 0. The Hall–Kier alpha value is -2.36. The zero-order chi connectivity index (χ0) is 36.9. The second kappa shape index (κ2) is 29.1. The second-order valence-electron chi connectivity index (χ2n) is 16.2. The van der Waals surface area contributed by atoms with Crippen LogP contribution < -0.4 is 5.11 Å². The van der Waals surface area contributed by atoms with Crippen molar-refractivity contribution in [1.82, 2.24) is 4.57 Å². The van der Waals surface area contributed by atoms with Crippen molar-refractivity contribution in [2.45, 2.75) is 226 Å². The van der Waals surface area contributed by atoms with Crippen molar-refractivity contribution in [3.8, 4) is 0 Å². The van der Waals surface area contributed by atoms with Crippen LogP contribution in [0, 0.1) is 0 Å². The largest absolute Gasteiger partial charge is 0.871 e. The number of Topliss-reactive ketones (excluding diaryl/α,β-unsaturated/α-hetero) is 1. The van der Waals surface area contributed by atoms with Gasteiger partial charge in [-0.3, -0.25) is 4.79 Å². The molecule has 0 radical (unpaired) electrons. The molecular weight excluding hydrogens is 637 g/mol. The molecule has 1 aliphatic carbocycles. The van der Waals surface area contributed by atoms with E-state index < -0.39 is 0 Å². The van der Waals surface area contributed by atoms with Gasteiger partial charge >= 0.3 is 0 Å². The summed E-state index contributed by atoms with van der Waals surface area (Å²) >= 11 is 0. The van der Waals surface area contributed by atoms with Crippen LogP contribution >= 0.6 is 0 Å². The molecule has 0 bridgehead atoms. The Bertz CT molecular complexity index is 1210. The molecule has 4 nitrogen and oxygen atoms in total. The van der Waals surface area contributed by atoms with Gasteiger partial charge in [-0.15, -0.1) is 0 Å². The van der Waals surface area contributed by atoms with E-state index in [1.54, 1.807) is 0 Å². The van der Waals surface area contributed by atoms with Crippen molar-refractivity contribution in [3.05, 3.63) is 53.2 Å². The molecule has 52 heavy (non-hydrogen) atoms. The number of aromatic nitrogens is 1. The number of unbranched alkanes of at least 4 members (excludes halogenated alkanes) is 30. The van der Waals surface area contributed by atoms with Gasteiger partial charge in [0.2, 0.25) is 11.5 Å². The van der Waals surface area contributed by atoms with Crippen molar-refractivity contribution in [2.24, 2.45) is 0 Å². The number of ketones is 1. The summed E-state index contributed by atoms with van der Waals surface area (Å²) in [7, 11) is 0. The molecule has 0 amide bonds. The van der Waals surface area contributed by atoms with E-state index in [1.165, 1.54) is 193 Å². The first kappa shape index (κ1) is 44.0. The fourth-order valence-corrected chi connectivity index (χ4v) is 8.19. The van der Waals surface area contributed by atoms with Crippen LogP contribution in [-0.2, 0) is 11.3 Å². The predicted octanol–water partition coefficient (Wildman–Crippen LogP) is 13.6. The highest BCUT2D eigenvalue weighted by Gasteiger charge is 2.36. The summed E-state index contributed by atoms with van der Waals surface area (Å²) in [5.41, 5.74) is 2.37. The Morgan fingerprint density at radius 3 is 1.37 bits per heavy atom. The first-order valence-electron chi connectivity index (χ1n) is 22.8. The topological polar surface area (TPSA) is 48.1 Å². The van der Waals surface area contributed by atoms with Gasteiger partial charge in [0, 0.05) is 36.9 Å². The highest BCUT2D eigenvalue weighted by Crippen LogP contribution is 2.37. The average Bonchev–Trinajstić information content (AvgIpc) is 3.80. The van der Waals surface area contributed by atoms with Crippen LogP contribution in [0.5, 0.6) is 0 Å². The molecule has 0 unspecified atom stereocenters. The Kier molecular flexibility index (Phi) is 24.6. The van der Waals surface area contributed by atoms with Crippen LogP contribution in [0.3, 0.4) is 0 Å². The summed E-state index contributed by atoms with van der Waals surface area (Å²) in [6.07, 6.45) is 51.5. The van der Waals surface area contributed by atoms with Crippen LogP contribution in [0.25, 0.3) is 5.57 Å². The number of aryl methyl sites for hydroxylation is 1. The Morgan fingerprint density at radius 1 is 0.538 bits per heavy atom. The van der Waals surface area contributed by atoms with E-state index in [0.717, 1.165) is 37.3 Å². The number of carbonyl (C=O) groups is 1. The maximum atomic E-state index is 13.4. The predicted molar refractivity (Wildman–Crippen MR) is 223 cm³/mol.